The van der Waals surface area contributed by atoms with Crippen molar-refractivity contribution in [2.45, 2.75) is 46.1 Å². The van der Waals surface area contributed by atoms with Crippen molar-refractivity contribution >= 4 is 17.7 Å². The smallest absolute Gasteiger partial charge is 0.328 e. The molecule has 1 rings (SSSR count). The van der Waals surface area contributed by atoms with Crippen molar-refractivity contribution in [3.8, 4) is 0 Å². The number of hydrogen-bond acceptors (Lipinski definition) is 4. The summed E-state index contributed by atoms with van der Waals surface area (Å²) in [5.74, 6) is -2.22. The van der Waals surface area contributed by atoms with E-state index in [9.17, 15) is 14.4 Å². The highest BCUT2D eigenvalue weighted by Gasteiger charge is 2.28. The highest BCUT2D eigenvalue weighted by Crippen LogP contribution is 2.22. The number of rotatable bonds is 5. The van der Waals surface area contributed by atoms with Gasteiger partial charge in [-0.2, -0.15) is 0 Å². The average molecular weight is 319 g/mol. The Bertz CT molecular complexity index is 582. The molecule has 0 saturated heterocycles. The van der Waals surface area contributed by atoms with Crippen LogP contribution < -0.4 is 5.32 Å². The van der Waals surface area contributed by atoms with Crippen molar-refractivity contribution < 1.29 is 19.1 Å². The quantitative estimate of drug-likeness (QED) is 0.514. The van der Waals surface area contributed by atoms with Crippen molar-refractivity contribution in [1.29, 1.82) is 0 Å². The molecule has 0 saturated carbocycles. The zero-order chi connectivity index (χ0) is 17.8. The van der Waals surface area contributed by atoms with Gasteiger partial charge >= 0.3 is 5.97 Å². The molecule has 0 aliphatic rings. The van der Waals surface area contributed by atoms with E-state index in [0.29, 0.717) is 5.56 Å². The van der Waals surface area contributed by atoms with E-state index in [1.807, 2.05) is 12.1 Å². The van der Waals surface area contributed by atoms with Crippen LogP contribution in [0.4, 0.5) is 0 Å². The molecule has 0 aromatic heterocycles. The number of nitrogens with one attached hydrogen (secondary N) is 1. The first-order chi connectivity index (χ1) is 10.6. The Hall–Kier alpha value is -2.17. The van der Waals surface area contributed by atoms with E-state index in [-0.39, 0.29) is 11.3 Å². The number of methoxy groups -OCH3 is 1. The van der Waals surface area contributed by atoms with Gasteiger partial charge < -0.3 is 10.1 Å². The van der Waals surface area contributed by atoms with Crippen molar-refractivity contribution in [1.82, 2.24) is 5.32 Å². The molecule has 1 aromatic rings. The number of benzene rings is 1. The average Bonchev–Trinajstić information content (AvgIpc) is 2.49. The van der Waals surface area contributed by atoms with Crippen molar-refractivity contribution in [2.75, 3.05) is 7.11 Å². The molecular formula is C18H25NO4. The van der Waals surface area contributed by atoms with Crippen LogP contribution in [-0.2, 0) is 19.7 Å². The number of ketones is 1. The van der Waals surface area contributed by atoms with Gasteiger partial charge in [0.1, 0.15) is 6.04 Å². The summed E-state index contributed by atoms with van der Waals surface area (Å²) in [6.45, 7) is 9.75. The van der Waals surface area contributed by atoms with Gasteiger partial charge in [-0.15, -0.1) is 0 Å². The molecule has 0 bridgehead atoms. The fourth-order valence-electron chi connectivity index (χ4n) is 2.08. The molecule has 0 heterocycles. The van der Waals surface area contributed by atoms with Gasteiger partial charge in [-0.05, 0) is 16.9 Å². The van der Waals surface area contributed by atoms with Crippen LogP contribution in [0.25, 0.3) is 0 Å². The molecule has 0 fully saturated rings. The lowest BCUT2D eigenvalue weighted by Crippen LogP contribution is -2.47. The lowest BCUT2D eigenvalue weighted by atomic mass is 9.86. The molecule has 0 aliphatic heterocycles. The summed E-state index contributed by atoms with van der Waals surface area (Å²) in [6, 6.07) is 6.09. The van der Waals surface area contributed by atoms with Gasteiger partial charge in [-0.3, -0.25) is 9.59 Å². The highest BCUT2D eigenvalue weighted by atomic mass is 16.5. The third kappa shape index (κ3) is 4.91. The maximum Gasteiger partial charge on any atom is 0.328 e. The predicted octanol–water partition coefficient (Wildman–Crippen LogP) is 2.48. The van der Waals surface area contributed by atoms with Gasteiger partial charge in [-0.1, -0.05) is 58.9 Å². The summed E-state index contributed by atoms with van der Waals surface area (Å²) in [4.78, 5) is 36.0. The zero-order valence-electron chi connectivity index (χ0n) is 14.6. The molecule has 1 unspecified atom stereocenters. The van der Waals surface area contributed by atoms with Crippen LogP contribution in [0.3, 0.4) is 0 Å². The molecule has 1 N–H and O–H groups in total. The molecule has 1 aromatic carbocycles. The van der Waals surface area contributed by atoms with Crippen molar-refractivity contribution in [2.24, 2.45) is 5.92 Å². The highest BCUT2D eigenvalue weighted by molar-refractivity contribution is 6.43. The topological polar surface area (TPSA) is 72.5 Å². The summed E-state index contributed by atoms with van der Waals surface area (Å²) in [5, 5.41) is 2.45. The van der Waals surface area contributed by atoms with E-state index >= 15 is 0 Å². The molecule has 5 nitrogen and oxygen atoms in total. The maximum absolute atomic E-state index is 12.2. The first-order valence-electron chi connectivity index (χ1n) is 7.61. The number of Topliss-reactive ketones (excluding diaryl/α,β-unsaturated/α-hetero) is 1. The summed E-state index contributed by atoms with van der Waals surface area (Å²) in [6.07, 6.45) is 0. The number of amides is 1. The lowest BCUT2D eigenvalue weighted by Gasteiger charge is -2.20. The zero-order valence-corrected chi connectivity index (χ0v) is 14.6. The predicted molar refractivity (Wildman–Crippen MR) is 88.3 cm³/mol. The number of ether oxygens (including phenoxy) is 1. The molecule has 126 valence electrons. The Kier molecular flexibility index (Phi) is 6.07. The summed E-state index contributed by atoms with van der Waals surface area (Å²) in [7, 11) is 1.25. The Morgan fingerprint density at radius 3 is 1.96 bits per heavy atom. The SMILES string of the molecule is COC(=O)C(NC(=O)C(=O)c1ccc(C(C)(C)C)cc1)C(C)C. The molecular weight excluding hydrogens is 294 g/mol. The lowest BCUT2D eigenvalue weighted by molar-refractivity contribution is -0.145. The molecule has 0 aliphatic carbocycles. The van der Waals surface area contributed by atoms with E-state index in [0.717, 1.165) is 5.56 Å². The van der Waals surface area contributed by atoms with Crippen molar-refractivity contribution in [3.63, 3.8) is 0 Å². The van der Waals surface area contributed by atoms with Gasteiger partial charge in [0.05, 0.1) is 7.11 Å². The molecule has 1 amide bonds. The first-order valence-corrected chi connectivity index (χ1v) is 7.61. The fraction of sp³-hybridized carbons (Fsp3) is 0.500. The van der Waals surface area contributed by atoms with E-state index in [4.69, 9.17) is 0 Å². The summed E-state index contributed by atoms with van der Waals surface area (Å²) in [5.41, 5.74) is 1.34. The molecule has 23 heavy (non-hydrogen) atoms. The van der Waals surface area contributed by atoms with Gasteiger partial charge in [0, 0.05) is 5.56 Å². The fourth-order valence-corrected chi connectivity index (χ4v) is 2.08. The van der Waals surface area contributed by atoms with Gasteiger partial charge in [0.25, 0.3) is 5.91 Å². The normalized spacial score (nSPS) is 12.7. The Balaban J connectivity index is 2.88. The minimum Gasteiger partial charge on any atom is -0.467 e. The van der Waals surface area contributed by atoms with Crippen LogP contribution >= 0.6 is 0 Å². The molecule has 0 spiro atoms. The largest absolute Gasteiger partial charge is 0.467 e. The summed E-state index contributed by atoms with van der Waals surface area (Å²) < 4.78 is 4.65. The van der Waals surface area contributed by atoms with E-state index in [1.54, 1.807) is 26.0 Å². The Morgan fingerprint density at radius 1 is 1.04 bits per heavy atom. The monoisotopic (exact) mass is 319 g/mol. The van der Waals surface area contributed by atoms with Crippen LogP contribution in [-0.4, -0.2) is 30.8 Å². The van der Waals surface area contributed by atoms with Crippen LogP contribution in [0.1, 0.15) is 50.5 Å². The second-order valence-electron chi connectivity index (χ2n) is 6.87. The second-order valence-corrected chi connectivity index (χ2v) is 6.87. The van der Waals surface area contributed by atoms with Crippen LogP contribution in [0.15, 0.2) is 24.3 Å². The van der Waals surface area contributed by atoms with Crippen LogP contribution in [0.5, 0.6) is 0 Å². The number of hydrogen-bond donors (Lipinski definition) is 1. The third-order valence-corrected chi connectivity index (χ3v) is 3.63. The molecule has 0 radical (unpaired) electrons. The number of esters is 1. The number of carbonyl (C=O) groups excluding carboxylic acids is 3. The maximum atomic E-state index is 12.2. The number of carbonyl (C=O) groups is 3. The van der Waals surface area contributed by atoms with E-state index in [1.165, 1.54) is 7.11 Å². The third-order valence-electron chi connectivity index (χ3n) is 3.63. The van der Waals surface area contributed by atoms with E-state index in [2.05, 4.69) is 30.8 Å². The van der Waals surface area contributed by atoms with Gasteiger partial charge in [0.15, 0.2) is 0 Å². The van der Waals surface area contributed by atoms with Crippen molar-refractivity contribution in [3.05, 3.63) is 35.4 Å². The first kappa shape index (κ1) is 18.9. The van der Waals surface area contributed by atoms with Crippen LogP contribution in [0, 0.1) is 5.92 Å². The van der Waals surface area contributed by atoms with E-state index < -0.39 is 23.7 Å². The molecule has 5 heteroatoms. The van der Waals surface area contributed by atoms with Crippen LogP contribution in [0.2, 0.25) is 0 Å². The minimum atomic E-state index is -0.842. The van der Waals surface area contributed by atoms with Gasteiger partial charge in [0.2, 0.25) is 5.78 Å². The standard InChI is InChI=1S/C18H25NO4/c1-11(2)14(17(22)23-6)19-16(21)15(20)12-7-9-13(10-8-12)18(3,4)5/h7-11,14H,1-6H3,(H,19,21). The second kappa shape index (κ2) is 7.40. The Morgan fingerprint density at radius 2 is 1.57 bits per heavy atom. The Labute approximate surface area is 137 Å². The van der Waals surface area contributed by atoms with Gasteiger partial charge in [-0.25, -0.2) is 4.79 Å². The minimum absolute atomic E-state index is 0.0303. The molecule has 1 atom stereocenters. The summed E-state index contributed by atoms with van der Waals surface area (Å²) >= 11 is 0.